The second kappa shape index (κ2) is 6.67. The second-order valence-corrected chi connectivity index (χ2v) is 2.16. The van der Waals surface area contributed by atoms with Gasteiger partial charge in [-0.05, 0) is 0 Å². The Bertz CT molecular complexity index is 181. The Balaban J connectivity index is 4.01. The van der Waals surface area contributed by atoms with Gasteiger partial charge in [-0.15, -0.1) is 0 Å². The Labute approximate surface area is 75.7 Å². The van der Waals surface area contributed by atoms with Crippen LogP contribution >= 0.6 is 11.6 Å². The van der Waals surface area contributed by atoms with Crippen molar-refractivity contribution < 1.29 is 14.3 Å². The number of hydrogen-bond acceptors (Lipinski definition) is 3. The van der Waals surface area contributed by atoms with Crippen LogP contribution in [0.3, 0.4) is 0 Å². The van der Waals surface area contributed by atoms with Crippen LogP contribution in [0, 0.1) is 0 Å². The van der Waals surface area contributed by atoms with Gasteiger partial charge in [0.1, 0.15) is 6.29 Å². The van der Waals surface area contributed by atoms with Crippen molar-refractivity contribution >= 4 is 24.0 Å². The molecule has 68 valence electrons. The number of carbonyl (C=O) groups excluding carboxylic acids is 2. The zero-order chi connectivity index (χ0) is 9.40. The predicted octanol–water partition coefficient (Wildman–Crippen LogP) is 1.01. The van der Waals surface area contributed by atoms with E-state index in [1.807, 2.05) is 0 Å². The minimum atomic E-state index is -0.545. The van der Waals surface area contributed by atoms with Gasteiger partial charge < -0.3 is 9.53 Å². The van der Waals surface area contributed by atoms with E-state index in [2.05, 4.69) is 4.74 Å². The standard InChI is InChI=1S/C7H10ClNO3/c1-12-7(11)9(5-6-10)4-2-3-8/h2-3,6H,4-5H2,1H3/b3-2+. The van der Waals surface area contributed by atoms with Gasteiger partial charge in [-0.2, -0.15) is 0 Å². The van der Waals surface area contributed by atoms with Gasteiger partial charge in [0.25, 0.3) is 0 Å². The van der Waals surface area contributed by atoms with Crippen molar-refractivity contribution in [3.05, 3.63) is 11.6 Å². The number of methoxy groups -OCH3 is 1. The third-order valence-corrected chi connectivity index (χ3v) is 1.32. The first-order valence-corrected chi connectivity index (χ1v) is 3.71. The molecule has 0 saturated heterocycles. The summed E-state index contributed by atoms with van der Waals surface area (Å²) in [6.45, 7) is 0.281. The molecule has 0 fully saturated rings. The van der Waals surface area contributed by atoms with Gasteiger partial charge in [0.15, 0.2) is 0 Å². The summed E-state index contributed by atoms with van der Waals surface area (Å²) in [7, 11) is 1.25. The molecule has 0 unspecified atom stereocenters. The van der Waals surface area contributed by atoms with Crippen molar-refractivity contribution in [3.63, 3.8) is 0 Å². The number of carbonyl (C=O) groups is 2. The van der Waals surface area contributed by atoms with Crippen LogP contribution in [0.4, 0.5) is 4.79 Å². The molecule has 0 aliphatic heterocycles. The van der Waals surface area contributed by atoms with Crippen LogP contribution in [0.15, 0.2) is 11.6 Å². The SMILES string of the molecule is COC(=O)N(CC=O)C/C=C/Cl. The number of halogens is 1. The first kappa shape index (κ1) is 11.0. The fraction of sp³-hybridized carbons (Fsp3) is 0.429. The van der Waals surface area contributed by atoms with Crippen LogP contribution in [-0.4, -0.2) is 37.5 Å². The number of ether oxygens (including phenoxy) is 1. The van der Waals surface area contributed by atoms with Crippen LogP contribution in [0.25, 0.3) is 0 Å². The monoisotopic (exact) mass is 191 g/mol. The highest BCUT2D eigenvalue weighted by Gasteiger charge is 2.10. The van der Waals surface area contributed by atoms with Crippen molar-refractivity contribution in [2.45, 2.75) is 0 Å². The van der Waals surface area contributed by atoms with E-state index in [4.69, 9.17) is 11.6 Å². The van der Waals surface area contributed by atoms with Crippen LogP contribution in [0.5, 0.6) is 0 Å². The molecule has 0 rings (SSSR count). The molecule has 12 heavy (non-hydrogen) atoms. The maximum absolute atomic E-state index is 10.9. The third kappa shape index (κ3) is 3.98. The molecule has 4 nitrogen and oxygen atoms in total. The van der Waals surface area contributed by atoms with Gasteiger partial charge in [-0.25, -0.2) is 4.79 Å². The van der Waals surface area contributed by atoms with Crippen LogP contribution in [0.2, 0.25) is 0 Å². The average molecular weight is 192 g/mol. The highest BCUT2D eigenvalue weighted by molar-refractivity contribution is 6.25. The summed E-state index contributed by atoms with van der Waals surface area (Å²) in [4.78, 5) is 22.2. The molecule has 0 bridgehead atoms. The molecule has 0 saturated carbocycles. The Morgan fingerprint density at radius 1 is 1.58 bits per heavy atom. The van der Waals surface area contributed by atoms with Gasteiger partial charge in [0, 0.05) is 12.1 Å². The molecule has 0 radical (unpaired) electrons. The van der Waals surface area contributed by atoms with Gasteiger partial charge in [-0.3, -0.25) is 4.90 Å². The fourth-order valence-corrected chi connectivity index (χ4v) is 0.689. The molecule has 5 heteroatoms. The molecular formula is C7H10ClNO3. The van der Waals surface area contributed by atoms with E-state index in [-0.39, 0.29) is 13.1 Å². The maximum Gasteiger partial charge on any atom is 0.410 e. The van der Waals surface area contributed by atoms with E-state index < -0.39 is 6.09 Å². The lowest BCUT2D eigenvalue weighted by Crippen LogP contribution is -2.32. The van der Waals surface area contributed by atoms with Gasteiger partial charge in [0.05, 0.1) is 13.7 Å². The first-order valence-electron chi connectivity index (χ1n) is 3.28. The summed E-state index contributed by atoms with van der Waals surface area (Å²) in [6, 6.07) is 0. The fourth-order valence-electron chi connectivity index (χ4n) is 0.610. The van der Waals surface area contributed by atoms with Gasteiger partial charge in [-0.1, -0.05) is 17.7 Å². The summed E-state index contributed by atoms with van der Waals surface area (Å²) in [5, 5.41) is 0. The number of rotatable bonds is 4. The lowest BCUT2D eigenvalue weighted by atomic mass is 10.5. The minimum Gasteiger partial charge on any atom is -0.453 e. The molecule has 0 spiro atoms. The predicted molar refractivity (Wildman–Crippen MR) is 45.0 cm³/mol. The van der Waals surface area contributed by atoms with Crippen LogP contribution in [0.1, 0.15) is 0 Å². The van der Waals surface area contributed by atoms with Crippen LogP contribution in [-0.2, 0) is 9.53 Å². The summed E-state index contributed by atoms with van der Waals surface area (Å²) < 4.78 is 4.41. The molecule has 0 aliphatic carbocycles. The lowest BCUT2D eigenvalue weighted by Gasteiger charge is -2.15. The molecule has 0 N–H and O–H groups in total. The van der Waals surface area contributed by atoms with Crippen molar-refractivity contribution in [2.24, 2.45) is 0 Å². The normalized spacial score (nSPS) is 9.83. The minimum absolute atomic E-state index is 0.00784. The van der Waals surface area contributed by atoms with E-state index in [0.717, 1.165) is 0 Å². The third-order valence-electron chi connectivity index (χ3n) is 1.14. The van der Waals surface area contributed by atoms with E-state index in [1.165, 1.54) is 17.5 Å². The van der Waals surface area contributed by atoms with Gasteiger partial charge in [0.2, 0.25) is 0 Å². The second-order valence-electron chi connectivity index (χ2n) is 1.90. The van der Waals surface area contributed by atoms with Crippen molar-refractivity contribution in [1.82, 2.24) is 4.90 Å². The zero-order valence-corrected chi connectivity index (χ0v) is 7.45. The molecule has 0 aromatic heterocycles. The molecule has 0 heterocycles. The Morgan fingerprint density at radius 2 is 2.25 bits per heavy atom. The smallest absolute Gasteiger partial charge is 0.410 e. The summed E-state index contributed by atoms with van der Waals surface area (Å²) >= 11 is 5.25. The summed E-state index contributed by atoms with van der Waals surface area (Å²) in [5.74, 6) is 0. The largest absolute Gasteiger partial charge is 0.453 e. The molecule has 0 atom stereocenters. The molecule has 0 aromatic carbocycles. The van der Waals surface area contributed by atoms with E-state index in [1.54, 1.807) is 6.08 Å². The lowest BCUT2D eigenvalue weighted by molar-refractivity contribution is -0.108. The number of nitrogens with zero attached hydrogens (tertiary/aromatic N) is 1. The van der Waals surface area contributed by atoms with E-state index in [0.29, 0.717) is 6.29 Å². The number of hydrogen-bond donors (Lipinski definition) is 0. The highest BCUT2D eigenvalue weighted by atomic mass is 35.5. The van der Waals surface area contributed by atoms with Crippen molar-refractivity contribution in [1.29, 1.82) is 0 Å². The Hall–Kier alpha value is -1.03. The number of amides is 1. The van der Waals surface area contributed by atoms with Gasteiger partial charge >= 0.3 is 6.09 Å². The van der Waals surface area contributed by atoms with E-state index >= 15 is 0 Å². The number of aldehydes is 1. The first-order chi connectivity index (χ1) is 5.76. The molecular weight excluding hydrogens is 182 g/mol. The Morgan fingerprint density at radius 3 is 2.67 bits per heavy atom. The topological polar surface area (TPSA) is 46.6 Å². The zero-order valence-electron chi connectivity index (χ0n) is 6.70. The maximum atomic E-state index is 10.9. The van der Waals surface area contributed by atoms with Crippen LogP contribution < -0.4 is 0 Å². The molecule has 1 amide bonds. The molecule has 0 aliphatic rings. The summed E-state index contributed by atoms with van der Waals surface area (Å²) in [6.07, 6.45) is 1.62. The van der Waals surface area contributed by atoms with E-state index in [9.17, 15) is 9.59 Å². The Kier molecular flexibility index (Phi) is 6.09. The van der Waals surface area contributed by atoms with Crippen molar-refractivity contribution in [3.8, 4) is 0 Å². The quantitative estimate of drug-likeness (QED) is 0.623. The molecule has 0 aromatic rings. The highest BCUT2D eigenvalue weighted by Crippen LogP contribution is 1.92. The van der Waals surface area contributed by atoms with Crippen molar-refractivity contribution in [2.75, 3.05) is 20.2 Å². The summed E-state index contributed by atoms with van der Waals surface area (Å²) in [5.41, 5.74) is 1.28. The average Bonchev–Trinajstić information content (AvgIpc) is 2.11.